The number of nitrogens with two attached hydrogens (primary N) is 1. The fourth-order valence-corrected chi connectivity index (χ4v) is 0.725. The van der Waals surface area contributed by atoms with E-state index in [4.69, 9.17) is 12.2 Å². The average Bonchev–Trinajstić information content (AvgIpc) is 2.13. The van der Waals surface area contributed by atoms with Crippen LogP contribution in [-0.2, 0) is 4.79 Å². The minimum atomic E-state index is -0.229. The van der Waals surface area contributed by atoms with Crippen molar-refractivity contribution in [3.63, 3.8) is 0 Å². The minimum absolute atomic E-state index is 0.218. The van der Waals surface area contributed by atoms with Crippen molar-refractivity contribution in [1.82, 2.24) is 4.90 Å². The van der Waals surface area contributed by atoms with Gasteiger partial charge in [0.05, 0.1) is 6.54 Å². The van der Waals surface area contributed by atoms with E-state index in [2.05, 4.69) is 10.9 Å². The molecule has 1 rings (SSSR count). The molecule has 0 spiro atoms. The van der Waals surface area contributed by atoms with Gasteiger partial charge in [0.2, 0.25) is 5.96 Å². The highest BCUT2D eigenvalue weighted by molar-refractivity contribution is 6.00. The molecule has 4 heteroatoms. The number of carbonyl (C=O) groups is 1. The Morgan fingerprint density at radius 3 is 3.00 bits per heavy atom. The fraction of sp³-hybridized carbons (Fsp3) is 0.333. The highest BCUT2D eigenvalue weighted by atomic mass is 16.2. The van der Waals surface area contributed by atoms with Crippen LogP contribution < -0.4 is 5.73 Å². The van der Waals surface area contributed by atoms with Gasteiger partial charge in [0, 0.05) is 0 Å². The number of nitrogens with zero attached hydrogens (tertiary/aromatic N) is 2. The summed E-state index contributed by atoms with van der Waals surface area (Å²) in [5.74, 6) is 2.37. The molecule has 0 fully saturated rings. The maximum Gasteiger partial charge on any atom is 0.268 e. The molecular formula is C6H7N3O. The summed E-state index contributed by atoms with van der Waals surface area (Å²) < 4.78 is 0. The van der Waals surface area contributed by atoms with Crippen LogP contribution in [0.1, 0.15) is 0 Å². The van der Waals surface area contributed by atoms with Gasteiger partial charge in [-0.15, -0.1) is 6.42 Å². The van der Waals surface area contributed by atoms with Crippen molar-refractivity contribution in [2.75, 3.05) is 13.1 Å². The summed E-state index contributed by atoms with van der Waals surface area (Å²) in [6, 6.07) is 0. The van der Waals surface area contributed by atoms with Gasteiger partial charge in [-0.2, -0.15) is 4.99 Å². The van der Waals surface area contributed by atoms with Gasteiger partial charge in [0.15, 0.2) is 0 Å². The molecule has 0 bridgehead atoms. The molecule has 1 heterocycles. The molecule has 0 aliphatic carbocycles. The van der Waals surface area contributed by atoms with Crippen molar-refractivity contribution in [3.05, 3.63) is 0 Å². The molecule has 10 heavy (non-hydrogen) atoms. The summed E-state index contributed by atoms with van der Waals surface area (Å²) >= 11 is 0. The summed E-state index contributed by atoms with van der Waals surface area (Å²) in [6.07, 6.45) is 5.00. The molecule has 0 saturated carbocycles. The molecule has 0 unspecified atom stereocenters. The number of carbonyl (C=O) groups excluding carboxylic acids is 1. The summed E-state index contributed by atoms with van der Waals surface area (Å²) in [5.41, 5.74) is 5.32. The number of aliphatic imine (C=N–C) groups is 1. The molecular weight excluding hydrogens is 130 g/mol. The quantitative estimate of drug-likeness (QED) is 0.461. The highest BCUT2D eigenvalue weighted by Gasteiger charge is 2.18. The van der Waals surface area contributed by atoms with E-state index in [-0.39, 0.29) is 18.4 Å². The molecule has 0 aromatic rings. The molecule has 0 radical (unpaired) electrons. The monoisotopic (exact) mass is 137 g/mol. The van der Waals surface area contributed by atoms with Crippen LogP contribution in [0.15, 0.2) is 4.99 Å². The predicted molar refractivity (Wildman–Crippen MR) is 37.0 cm³/mol. The van der Waals surface area contributed by atoms with Crippen molar-refractivity contribution in [1.29, 1.82) is 0 Å². The van der Waals surface area contributed by atoms with Crippen molar-refractivity contribution in [2.24, 2.45) is 10.7 Å². The Hall–Kier alpha value is -1.50. The van der Waals surface area contributed by atoms with Crippen LogP contribution >= 0.6 is 0 Å². The van der Waals surface area contributed by atoms with E-state index in [1.807, 2.05) is 0 Å². The van der Waals surface area contributed by atoms with Crippen LogP contribution in [0.2, 0.25) is 0 Å². The van der Waals surface area contributed by atoms with Gasteiger partial charge in [-0.05, 0) is 0 Å². The van der Waals surface area contributed by atoms with Gasteiger partial charge >= 0.3 is 0 Å². The molecule has 0 aromatic carbocycles. The number of amides is 1. The lowest BCUT2D eigenvalue weighted by Crippen LogP contribution is -2.34. The van der Waals surface area contributed by atoms with Crippen molar-refractivity contribution < 1.29 is 4.79 Å². The van der Waals surface area contributed by atoms with E-state index in [1.165, 1.54) is 0 Å². The van der Waals surface area contributed by atoms with Crippen molar-refractivity contribution >= 4 is 11.9 Å². The zero-order valence-electron chi connectivity index (χ0n) is 5.37. The normalized spacial score (nSPS) is 16.9. The Morgan fingerprint density at radius 2 is 2.60 bits per heavy atom. The third-order valence-electron chi connectivity index (χ3n) is 1.17. The second-order valence-corrected chi connectivity index (χ2v) is 1.92. The summed E-state index contributed by atoms with van der Waals surface area (Å²) in [7, 11) is 0. The van der Waals surface area contributed by atoms with E-state index in [0.717, 1.165) is 0 Å². The Morgan fingerprint density at radius 1 is 1.90 bits per heavy atom. The lowest BCUT2D eigenvalue weighted by atomic mass is 10.5. The Bertz CT molecular complexity index is 226. The average molecular weight is 137 g/mol. The Kier molecular flexibility index (Phi) is 1.59. The highest BCUT2D eigenvalue weighted by Crippen LogP contribution is 1.96. The lowest BCUT2D eigenvalue weighted by molar-refractivity contribution is -0.117. The number of terminal acetylenes is 1. The van der Waals surface area contributed by atoms with Gasteiger partial charge in [0.25, 0.3) is 5.91 Å². The fourth-order valence-electron chi connectivity index (χ4n) is 0.725. The molecule has 1 amide bonds. The molecule has 2 N–H and O–H groups in total. The largest absolute Gasteiger partial charge is 0.369 e. The van der Waals surface area contributed by atoms with Crippen LogP contribution in [0, 0.1) is 12.3 Å². The number of rotatable bonds is 1. The van der Waals surface area contributed by atoms with E-state index >= 15 is 0 Å². The Balaban J connectivity index is 2.61. The number of hydrogen-bond acceptors (Lipinski definition) is 3. The summed E-state index contributed by atoms with van der Waals surface area (Å²) in [6.45, 7) is 0.567. The smallest absolute Gasteiger partial charge is 0.268 e. The maximum absolute atomic E-state index is 10.6. The molecule has 1 aliphatic heterocycles. The number of hydrogen-bond donors (Lipinski definition) is 1. The zero-order chi connectivity index (χ0) is 7.56. The van der Waals surface area contributed by atoms with Crippen LogP contribution in [-0.4, -0.2) is 29.9 Å². The molecule has 0 atom stereocenters. The van der Waals surface area contributed by atoms with Crippen molar-refractivity contribution in [3.8, 4) is 12.3 Å². The van der Waals surface area contributed by atoms with E-state index in [0.29, 0.717) is 6.54 Å². The van der Waals surface area contributed by atoms with Gasteiger partial charge < -0.3 is 10.6 Å². The van der Waals surface area contributed by atoms with Crippen LogP contribution in [0.25, 0.3) is 0 Å². The molecule has 52 valence electrons. The summed E-state index contributed by atoms with van der Waals surface area (Å²) in [4.78, 5) is 15.6. The van der Waals surface area contributed by atoms with Crippen molar-refractivity contribution in [2.45, 2.75) is 0 Å². The van der Waals surface area contributed by atoms with E-state index < -0.39 is 0 Å². The number of guanidine groups is 1. The molecule has 0 aromatic heterocycles. The van der Waals surface area contributed by atoms with Gasteiger partial charge in [0.1, 0.15) is 6.54 Å². The first-order chi connectivity index (χ1) is 4.74. The topological polar surface area (TPSA) is 58.7 Å². The first kappa shape index (κ1) is 6.62. The first-order valence-electron chi connectivity index (χ1n) is 2.79. The second kappa shape index (κ2) is 2.40. The third kappa shape index (κ3) is 1.08. The first-order valence-corrected chi connectivity index (χ1v) is 2.79. The summed E-state index contributed by atoms with van der Waals surface area (Å²) in [5, 5.41) is 0. The SMILES string of the molecule is C#CCN1CC(=O)N=C1N. The maximum atomic E-state index is 10.6. The predicted octanol–water partition coefficient (Wildman–Crippen LogP) is -1.22. The zero-order valence-corrected chi connectivity index (χ0v) is 5.37. The Labute approximate surface area is 58.7 Å². The second-order valence-electron chi connectivity index (χ2n) is 1.92. The van der Waals surface area contributed by atoms with E-state index in [9.17, 15) is 4.79 Å². The van der Waals surface area contributed by atoms with Gasteiger partial charge in [-0.25, -0.2) is 0 Å². The van der Waals surface area contributed by atoms with Gasteiger partial charge in [-0.3, -0.25) is 4.79 Å². The minimum Gasteiger partial charge on any atom is -0.369 e. The van der Waals surface area contributed by atoms with Crippen LogP contribution in [0.3, 0.4) is 0 Å². The molecule has 1 aliphatic rings. The van der Waals surface area contributed by atoms with E-state index in [1.54, 1.807) is 4.90 Å². The van der Waals surface area contributed by atoms with Crippen LogP contribution in [0.5, 0.6) is 0 Å². The third-order valence-corrected chi connectivity index (χ3v) is 1.17. The standard InChI is InChI=1S/C6H7N3O/c1-2-3-9-4-5(10)8-6(9)7/h1H,3-4H2,(H2,7,8,10). The molecule has 4 nitrogen and oxygen atoms in total. The molecule has 0 saturated heterocycles. The lowest BCUT2D eigenvalue weighted by Gasteiger charge is -2.10. The van der Waals surface area contributed by atoms with Gasteiger partial charge in [-0.1, -0.05) is 5.92 Å². The van der Waals surface area contributed by atoms with Crippen LogP contribution in [0.4, 0.5) is 0 Å².